The van der Waals surface area contributed by atoms with E-state index in [9.17, 15) is 19.7 Å². The molecule has 9 nitrogen and oxygen atoms in total. The summed E-state index contributed by atoms with van der Waals surface area (Å²) in [7, 11) is 0. The highest BCUT2D eigenvalue weighted by Gasteiger charge is 2.29. The van der Waals surface area contributed by atoms with Gasteiger partial charge in [0, 0.05) is 38.3 Å². The van der Waals surface area contributed by atoms with Crippen LogP contribution < -0.4 is 5.32 Å². The van der Waals surface area contributed by atoms with E-state index >= 15 is 0 Å². The molecule has 0 saturated carbocycles. The Morgan fingerprint density at radius 3 is 2.43 bits per heavy atom. The molecule has 1 atom stereocenters. The third kappa shape index (κ3) is 4.63. The lowest BCUT2D eigenvalue weighted by atomic mass is 10.1. The van der Waals surface area contributed by atoms with Gasteiger partial charge in [0.25, 0.3) is 11.6 Å². The highest BCUT2D eigenvalue weighted by Crippen LogP contribution is 2.27. The van der Waals surface area contributed by atoms with Crippen LogP contribution in [0, 0.1) is 24.0 Å². The molecule has 1 aliphatic rings. The summed E-state index contributed by atoms with van der Waals surface area (Å²) in [6.07, 6.45) is 0. The minimum absolute atomic E-state index is 0.0792. The largest absolute Gasteiger partial charge is 0.466 e. The number of hydrogen-bond donors (Lipinski definition) is 1. The van der Waals surface area contributed by atoms with Crippen LogP contribution in [0.25, 0.3) is 0 Å². The Morgan fingerprint density at radius 1 is 1.20 bits per heavy atom. The van der Waals surface area contributed by atoms with E-state index in [1.165, 1.54) is 18.2 Å². The molecule has 1 aromatic heterocycles. The van der Waals surface area contributed by atoms with E-state index in [1.54, 1.807) is 31.7 Å². The first-order chi connectivity index (χ1) is 14.2. The molecule has 2 heterocycles. The Labute approximate surface area is 178 Å². The Hall–Kier alpha value is -2.91. The molecule has 0 aliphatic carbocycles. The van der Waals surface area contributed by atoms with Crippen molar-refractivity contribution < 1.29 is 18.9 Å². The summed E-state index contributed by atoms with van der Waals surface area (Å²) < 4.78 is 5.44. The van der Waals surface area contributed by atoms with Crippen molar-refractivity contribution in [1.82, 2.24) is 9.80 Å². The third-order valence-corrected chi connectivity index (χ3v) is 5.55. The average Bonchev–Trinajstić information content (AvgIpc) is 3.06. The minimum Gasteiger partial charge on any atom is -0.466 e. The lowest BCUT2D eigenvalue weighted by Crippen LogP contribution is -2.54. The molecule has 0 spiro atoms. The maximum absolute atomic E-state index is 12.7. The molecule has 1 N–H and O–H groups in total. The number of non-ortho nitro benzene ring substituents is 1. The fraction of sp³-hybridized carbons (Fsp3) is 0.400. The monoisotopic (exact) mass is 434 g/mol. The Bertz CT molecular complexity index is 982. The maximum Gasteiger partial charge on any atom is 0.271 e. The second kappa shape index (κ2) is 8.85. The van der Waals surface area contributed by atoms with Crippen LogP contribution in [0.1, 0.15) is 28.8 Å². The number of carbonyl (C=O) groups excluding carboxylic acids is 2. The van der Waals surface area contributed by atoms with Crippen molar-refractivity contribution in [2.45, 2.75) is 26.8 Å². The molecule has 1 saturated heterocycles. The number of rotatable bonds is 5. The number of furan rings is 1. The zero-order valence-electron chi connectivity index (χ0n) is 17.0. The summed E-state index contributed by atoms with van der Waals surface area (Å²) in [4.78, 5) is 39.5. The number of halogens is 1. The molecular weight excluding hydrogens is 412 g/mol. The van der Waals surface area contributed by atoms with Gasteiger partial charge in [0.2, 0.25) is 5.91 Å². The Kier molecular flexibility index (Phi) is 6.42. The van der Waals surface area contributed by atoms with Crippen LogP contribution in [-0.2, 0) is 4.79 Å². The van der Waals surface area contributed by atoms with Crippen molar-refractivity contribution in [3.05, 3.63) is 56.5 Å². The number of piperazine rings is 1. The quantitative estimate of drug-likeness (QED) is 0.571. The van der Waals surface area contributed by atoms with E-state index in [2.05, 4.69) is 5.32 Å². The van der Waals surface area contributed by atoms with E-state index in [-0.39, 0.29) is 28.2 Å². The highest BCUT2D eigenvalue weighted by molar-refractivity contribution is 6.33. The topological polar surface area (TPSA) is 109 Å². The molecule has 30 heavy (non-hydrogen) atoms. The van der Waals surface area contributed by atoms with Crippen molar-refractivity contribution >= 4 is 34.8 Å². The summed E-state index contributed by atoms with van der Waals surface area (Å²) in [5.41, 5.74) is 0.605. The predicted octanol–water partition coefficient (Wildman–Crippen LogP) is 3.24. The standard InChI is InChI=1S/C20H23ClN4O5/c1-12-10-16(14(3)30-12)20(27)24-8-6-23(7-9-24)13(2)19(26)22-18-11-15(25(28)29)4-5-17(18)21/h4-5,10-11,13H,6-9H2,1-3H3,(H,22,26). The number of nitro benzene ring substituents is 1. The van der Waals surface area contributed by atoms with Gasteiger partial charge >= 0.3 is 0 Å². The fourth-order valence-corrected chi connectivity index (χ4v) is 3.62. The van der Waals surface area contributed by atoms with Crippen LogP contribution in [0.3, 0.4) is 0 Å². The number of amides is 2. The third-order valence-electron chi connectivity index (χ3n) is 5.22. The van der Waals surface area contributed by atoms with Crippen molar-refractivity contribution in [3.63, 3.8) is 0 Å². The SMILES string of the molecule is Cc1cc(C(=O)N2CCN(C(C)C(=O)Nc3cc([N+](=O)[O-])ccc3Cl)CC2)c(C)o1. The van der Waals surface area contributed by atoms with E-state index in [1.807, 2.05) is 4.90 Å². The summed E-state index contributed by atoms with van der Waals surface area (Å²) in [5.74, 6) is 0.893. The smallest absolute Gasteiger partial charge is 0.271 e. The van der Waals surface area contributed by atoms with Crippen molar-refractivity contribution in [3.8, 4) is 0 Å². The van der Waals surface area contributed by atoms with Gasteiger partial charge in [-0.1, -0.05) is 11.6 Å². The number of anilines is 1. The van der Waals surface area contributed by atoms with Gasteiger partial charge < -0.3 is 14.6 Å². The highest BCUT2D eigenvalue weighted by atomic mass is 35.5. The summed E-state index contributed by atoms with van der Waals surface area (Å²) in [5, 5.41) is 13.8. The molecule has 2 amide bonds. The molecule has 1 aliphatic heterocycles. The van der Waals surface area contributed by atoms with E-state index in [4.69, 9.17) is 16.0 Å². The van der Waals surface area contributed by atoms with Crippen molar-refractivity contribution in [2.75, 3.05) is 31.5 Å². The normalized spacial score (nSPS) is 15.7. The van der Waals surface area contributed by atoms with Gasteiger partial charge in [-0.25, -0.2) is 0 Å². The number of nitro groups is 1. The maximum atomic E-state index is 12.7. The fourth-order valence-electron chi connectivity index (χ4n) is 3.45. The molecule has 0 radical (unpaired) electrons. The second-order valence-corrected chi connectivity index (χ2v) is 7.65. The summed E-state index contributed by atoms with van der Waals surface area (Å²) in [6, 6.07) is 5.14. The zero-order valence-corrected chi connectivity index (χ0v) is 17.7. The van der Waals surface area contributed by atoms with E-state index < -0.39 is 11.0 Å². The van der Waals surface area contributed by atoms with Gasteiger partial charge in [-0.05, 0) is 32.9 Å². The van der Waals surface area contributed by atoms with Crippen LogP contribution in [0.15, 0.2) is 28.7 Å². The van der Waals surface area contributed by atoms with Crippen LogP contribution in [0.5, 0.6) is 0 Å². The number of carbonyl (C=O) groups is 2. The molecule has 10 heteroatoms. The Morgan fingerprint density at radius 2 is 1.87 bits per heavy atom. The van der Waals surface area contributed by atoms with Crippen LogP contribution in [0.2, 0.25) is 5.02 Å². The molecule has 0 bridgehead atoms. The predicted molar refractivity (Wildman–Crippen MR) is 112 cm³/mol. The lowest BCUT2D eigenvalue weighted by Gasteiger charge is -2.37. The molecule has 160 valence electrons. The van der Waals surface area contributed by atoms with Crippen LogP contribution in [0.4, 0.5) is 11.4 Å². The van der Waals surface area contributed by atoms with Crippen molar-refractivity contribution in [1.29, 1.82) is 0 Å². The van der Waals surface area contributed by atoms with Crippen molar-refractivity contribution in [2.24, 2.45) is 0 Å². The van der Waals surface area contributed by atoms with Gasteiger partial charge in [-0.2, -0.15) is 0 Å². The number of benzene rings is 1. The van der Waals surface area contributed by atoms with Crippen LogP contribution >= 0.6 is 11.6 Å². The molecule has 1 aromatic carbocycles. The first kappa shape index (κ1) is 21.8. The molecular formula is C20H23ClN4O5. The first-order valence-electron chi connectivity index (χ1n) is 9.52. The van der Waals surface area contributed by atoms with E-state index in [0.29, 0.717) is 43.3 Å². The van der Waals surface area contributed by atoms with Gasteiger partial charge in [-0.3, -0.25) is 24.6 Å². The zero-order chi connectivity index (χ0) is 22.0. The van der Waals surface area contributed by atoms with Gasteiger partial charge in [0.15, 0.2) is 0 Å². The minimum atomic E-state index is -0.547. The molecule has 1 fully saturated rings. The number of aryl methyl sites for hydroxylation is 2. The molecule has 2 aromatic rings. The van der Waals surface area contributed by atoms with Gasteiger partial charge in [-0.15, -0.1) is 0 Å². The van der Waals surface area contributed by atoms with E-state index in [0.717, 1.165) is 0 Å². The number of nitrogens with zero attached hydrogens (tertiary/aromatic N) is 3. The van der Waals surface area contributed by atoms with Crippen LogP contribution in [-0.4, -0.2) is 58.8 Å². The number of nitrogens with one attached hydrogen (secondary N) is 1. The molecule has 3 rings (SSSR count). The summed E-state index contributed by atoms with van der Waals surface area (Å²) >= 11 is 6.06. The number of hydrogen-bond acceptors (Lipinski definition) is 6. The average molecular weight is 435 g/mol. The lowest BCUT2D eigenvalue weighted by molar-refractivity contribution is -0.384. The first-order valence-corrected chi connectivity index (χ1v) is 9.90. The van der Waals surface area contributed by atoms with Gasteiger partial charge in [0.05, 0.1) is 27.2 Å². The second-order valence-electron chi connectivity index (χ2n) is 7.24. The summed E-state index contributed by atoms with van der Waals surface area (Å²) in [6.45, 7) is 7.34. The molecule has 1 unspecified atom stereocenters. The van der Waals surface area contributed by atoms with Gasteiger partial charge in [0.1, 0.15) is 11.5 Å². The Balaban J connectivity index is 1.60.